The predicted molar refractivity (Wildman–Crippen MR) is 100 cm³/mol. The topological polar surface area (TPSA) is 23.5 Å². The zero-order valence-electron chi connectivity index (χ0n) is 15.2. The molecule has 1 N–H and O–H groups in total. The van der Waals surface area contributed by atoms with Crippen molar-refractivity contribution in [2.24, 2.45) is 0 Å². The number of aliphatic hydroxyl groups is 1. The second-order valence-corrected chi connectivity index (χ2v) is 7.48. The summed E-state index contributed by atoms with van der Waals surface area (Å²) in [5.41, 5.74) is 2.44. The zero-order chi connectivity index (χ0) is 17.9. The molecule has 0 heterocycles. The fourth-order valence-corrected chi connectivity index (χ4v) is 4.19. The van der Waals surface area contributed by atoms with Crippen LogP contribution in [-0.2, 0) is 12.0 Å². The Hall–Kier alpha value is -1.71. The first kappa shape index (κ1) is 18.1. The van der Waals surface area contributed by atoms with Crippen molar-refractivity contribution < 1.29 is 9.50 Å². The third-order valence-electron chi connectivity index (χ3n) is 5.43. The van der Waals surface area contributed by atoms with Crippen molar-refractivity contribution >= 4 is 0 Å². The molecule has 0 saturated heterocycles. The van der Waals surface area contributed by atoms with Crippen molar-refractivity contribution in [3.8, 4) is 0 Å². The SMILES string of the molecule is CN(C)CCC[C@@]1(O)c2ccccc2CCC[C@@H]1c1ccc(F)cc1. The van der Waals surface area contributed by atoms with Gasteiger partial charge in [0.25, 0.3) is 0 Å². The van der Waals surface area contributed by atoms with Crippen molar-refractivity contribution in [1.82, 2.24) is 4.90 Å². The van der Waals surface area contributed by atoms with Crippen LogP contribution in [0, 0.1) is 5.82 Å². The fourth-order valence-electron chi connectivity index (χ4n) is 4.19. The van der Waals surface area contributed by atoms with Gasteiger partial charge < -0.3 is 10.0 Å². The lowest BCUT2D eigenvalue weighted by atomic mass is 9.73. The largest absolute Gasteiger partial charge is 0.385 e. The summed E-state index contributed by atoms with van der Waals surface area (Å²) in [4.78, 5) is 2.15. The molecule has 0 spiro atoms. The molecule has 0 amide bonds. The highest BCUT2D eigenvalue weighted by Crippen LogP contribution is 2.47. The van der Waals surface area contributed by atoms with E-state index < -0.39 is 5.60 Å². The summed E-state index contributed by atoms with van der Waals surface area (Å²) in [6, 6.07) is 15.0. The molecule has 2 aromatic carbocycles. The maximum absolute atomic E-state index is 13.4. The number of hydrogen-bond acceptors (Lipinski definition) is 2. The van der Waals surface area contributed by atoms with E-state index in [-0.39, 0.29) is 11.7 Å². The van der Waals surface area contributed by atoms with Gasteiger partial charge in [-0.3, -0.25) is 0 Å². The molecule has 3 heteroatoms. The maximum atomic E-state index is 13.4. The molecule has 2 aromatic rings. The third-order valence-corrected chi connectivity index (χ3v) is 5.43. The van der Waals surface area contributed by atoms with Crippen LogP contribution in [0.25, 0.3) is 0 Å². The molecule has 134 valence electrons. The standard InChI is InChI=1S/C22H28FNO/c1-24(2)16-6-15-22(25)20-9-4-3-7-17(20)8-5-10-21(22)18-11-13-19(23)14-12-18/h3-4,7,9,11-14,21,25H,5-6,8,10,15-16H2,1-2H3/t21-,22-/m1/s1. The molecule has 0 aliphatic heterocycles. The zero-order valence-corrected chi connectivity index (χ0v) is 15.2. The Morgan fingerprint density at radius 1 is 1.12 bits per heavy atom. The minimum atomic E-state index is -0.902. The number of aryl methyl sites for hydroxylation is 1. The summed E-state index contributed by atoms with van der Waals surface area (Å²) < 4.78 is 13.4. The van der Waals surface area contributed by atoms with E-state index >= 15 is 0 Å². The van der Waals surface area contributed by atoms with Crippen LogP contribution < -0.4 is 0 Å². The van der Waals surface area contributed by atoms with Crippen molar-refractivity contribution in [3.63, 3.8) is 0 Å². The lowest BCUT2D eigenvalue weighted by Crippen LogP contribution is -2.34. The summed E-state index contributed by atoms with van der Waals surface area (Å²) in [5, 5.41) is 11.9. The number of nitrogens with zero attached hydrogens (tertiary/aromatic N) is 1. The molecular formula is C22H28FNO. The molecule has 2 atom stereocenters. The van der Waals surface area contributed by atoms with Crippen LogP contribution in [0.15, 0.2) is 48.5 Å². The highest BCUT2D eigenvalue weighted by atomic mass is 19.1. The Labute approximate surface area is 150 Å². The Morgan fingerprint density at radius 3 is 2.56 bits per heavy atom. The van der Waals surface area contributed by atoms with Gasteiger partial charge in [0.1, 0.15) is 5.82 Å². The molecule has 3 rings (SSSR count). The molecule has 0 fully saturated rings. The molecule has 0 saturated carbocycles. The van der Waals surface area contributed by atoms with E-state index in [0.717, 1.165) is 43.4 Å². The second kappa shape index (κ2) is 7.67. The van der Waals surface area contributed by atoms with Gasteiger partial charge in [-0.2, -0.15) is 0 Å². The molecule has 1 aliphatic carbocycles. The molecule has 1 aliphatic rings. The van der Waals surface area contributed by atoms with E-state index in [1.165, 1.54) is 17.7 Å². The second-order valence-electron chi connectivity index (χ2n) is 7.48. The van der Waals surface area contributed by atoms with Crippen LogP contribution in [0.2, 0.25) is 0 Å². The van der Waals surface area contributed by atoms with Crippen LogP contribution in [0.5, 0.6) is 0 Å². The molecule has 25 heavy (non-hydrogen) atoms. The first-order valence-corrected chi connectivity index (χ1v) is 9.21. The van der Waals surface area contributed by atoms with E-state index in [1.807, 2.05) is 18.2 Å². The molecule has 0 bridgehead atoms. The molecule has 0 radical (unpaired) electrons. The number of rotatable bonds is 5. The van der Waals surface area contributed by atoms with E-state index in [9.17, 15) is 9.50 Å². The van der Waals surface area contributed by atoms with Crippen LogP contribution in [0.4, 0.5) is 4.39 Å². The smallest absolute Gasteiger partial charge is 0.123 e. The van der Waals surface area contributed by atoms with E-state index in [4.69, 9.17) is 0 Å². The average Bonchev–Trinajstić information content (AvgIpc) is 2.73. The van der Waals surface area contributed by atoms with Gasteiger partial charge in [-0.25, -0.2) is 4.39 Å². The lowest BCUT2D eigenvalue weighted by molar-refractivity contribution is -0.00607. The van der Waals surface area contributed by atoms with Gasteiger partial charge in [0, 0.05) is 5.92 Å². The predicted octanol–water partition coefficient (Wildman–Crippen LogP) is 4.48. The summed E-state index contributed by atoms with van der Waals surface area (Å²) in [6.07, 6.45) is 4.58. The minimum Gasteiger partial charge on any atom is -0.385 e. The fraction of sp³-hybridized carbons (Fsp3) is 0.455. The number of halogens is 1. The monoisotopic (exact) mass is 341 g/mol. The molecule has 2 nitrogen and oxygen atoms in total. The summed E-state index contributed by atoms with van der Waals surface area (Å²) in [7, 11) is 4.12. The Balaban J connectivity index is 2.00. The van der Waals surface area contributed by atoms with Crippen molar-refractivity contribution in [1.29, 1.82) is 0 Å². The van der Waals surface area contributed by atoms with Crippen LogP contribution in [-0.4, -0.2) is 30.6 Å². The van der Waals surface area contributed by atoms with Gasteiger partial charge >= 0.3 is 0 Å². The van der Waals surface area contributed by atoms with Crippen LogP contribution >= 0.6 is 0 Å². The average molecular weight is 341 g/mol. The van der Waals surface area contributed by atoms with Gasteiger partial charge in [0.15, 0.2) is 0 Å². The number of benzene rings is 2. The molecule has 0 aromatic heterocycles. The first-order valence-electron chi connectivity index (χ1n) is 9.21. The number of hydrogen-bond donors (Lipinski definition) is 1. The van der Waals surface area contributed by atoms with Crippen molar-refractivity contribution in [2.75, 3.05) is 20.6 Å². The van der Waals surface area contributed by atoms with Gasteiger partial charge in [-0.05, 0) is 81.6 Å². The number of fused-ring (bicyclic) bond motifs is 1. The Kier molecular flexibility index (Phi) is 5.55. The highest BCUT2D eigenvalue weighted by molar-refractivity contribution is 5.38. The molecular weight excluding hydrogens is 313 g/mol. The third kappa shape index (κ3) is 3.94. The van der Waals surface area contributed by atoms with Crippen LogP contribution in [0.3, 0.4) is 0 Å². The highest BCUT2D eigenvalue weighted by Gasteiger charge is 2.41. The lowest BCUT2D eigenvalue weighted by Gasteiger charge is -2.37. The maximum Gasteiger partial charge on any atom is 0.123 e. The minimum absolute atomic E-state index is 0.00101. The summed E-state index contributed by atoms with van der Waals surface area (Å²) in [5.74, 6) is -0.229. The Bertz CT molecular complexity index is 697. The summed E-state index contributed by atoms with van der Waals surface area (Å²) >= 11 is 0. The van der Waals surface area contributed by atoms with Gasteiger partial charge in [-0.15, -0.1) is 0 Å². The quantitative estimate of drug-likeness (QED) is 0.811. The normalized spacial score (nSPS) is 23.3. The van der Waals surface area contributed by atoms with E-state index in [0.29, 0.717) is 6.42 Å². The van der Waals surface area contributed by atoms with E-state index in [1.54, 1.807) is 0 Å². The van der Waals surface area contributed by atoms with Gasteiger partial charge in [-0.1, -0.05) is 36.4 Å². The van der Waals surface area contributed by atoms with Crippen molar-refractivity contribution in [3.05, 3.63) is 71.0 Å². The van der Waals surface area contributed by atoms with Crippen LogP contribution in [0.1, 0.15) is 48.3 Å². The molecule has 0 unspecified atom stereocenters. The summed E-state index contributed by atoms with van der Waals surface area (Å²) in [6.45, 7) is 0.945. The van der Waals surface area contributed by atoms with Gasteiger partial charge in [0.2, 0.25) is 0 Å². The van der Waals surface area contributed by atoms with Gasteiger partial charge in [0.05, 0.1) is 5.60 Å². The van der Waals surface area contributed by atoms with Crippen molar-refractivity contribution in [2.45, 2.75) is 43.6 Å². The first-order chi connectivity index (χ1) is 12.0. The Morgan fingerprint density at radius 2 is 1.84 bits per heavy atom. The van der Waals surface area contributed by atoms with E-state index in [2.05, 4.69) is 37.2 Å².